The summed E-state index contributed by atoms with van der Waals surface area (Å²) in [5.74, 6) is 2.56. The minimum Gasteiger partial charge on any atom is -0.0914 e. The third-order valence-electron chi connectivity index (χ3n) is 3.36. The Balaban J connectivity index is 2.41. The minimum absolute atomic E-state index is 0.738. The highest BCUT2D eigenvalue weighted by atomic mass is 14.3. The summed E-state index contributed by atoms with van der Waals surface area (Å²) in [7, 11) is 0. The number of allylic oxidation sites excluding steroid dienone is 4. The largest absolute Gasteiger partial charge is 0.0914 e. The van der Waals surface area contributed by atoms with Crippen molar-refractivity contribution in [1.29, 1.82) is 0 Å². The molecular weight excluding hydrogens is 168 g/mol. The minimum atomic E-state index is 0.738. The molecule has 0 bridgehead atoms. The fraction of sp³-hybridized carbons (Fsp3) is 0.714. The number of hydrogen-bond acceptors (Lipinski definition) is 0. The highest BCUT2D eigenvalue weighted by Gasteiger charge is 2.25. The normalized spacial score (nSPS) is 22.8. The molecule has 0 radical (unpaired) electrons. The highest BCUT2D eigenvalue weighted by molar-refractivity contribution is 4.95. The third-order valence-corrected chi connectivity index (χ3v) is 3.36. The number of rotatable bonds is 5. The van der Waals surface area contributed by atoms with Crippen LogP contribution < -0.4 is 0 Å². The predicted octanol–water partition coefficient (Wildman–Crippen LogP) is 4.58. The van der Waals surface area contributed by atoms with E-state index in [1.54, 1.807) is 0 Å². The zero-order chi connectivity index (χ0) is 10.4. The van der Waals surface area contributed by atoms with Gasteiger partial charge in [0.1, 0.15) is 0 Å². The smallest absolute Gasteiger partial charge is 0.0200 e. The highest BCUT2D eigenvalue weighted by Crippen LogP contribution is 2.37. The third kappa shape index (κ3) is 3.32. The summed E-state index contributed by atoms with van der Waals surface area (Å²) in [5.41, 5.74) is 0. The lowest BCUT2D eigenvalue weighted by molar-refractivity contribution is 0.222. The lowest BCUT2D eigenvalue weighted by Crippen LogP contribution is -2.21. The van der Waals surface area contributed by atoms with Crippen molar-refractivity contribution in [2.45, 2.75) is 46.5 Å². The van der Waals surface area contributed by atoms with Crippen LogP contribution in [0, 0.1) is 17.8 Å². The zero-order valence-corrected chi connectivity index (χ0v) is 9.87. The second kappa shape index (κ2) is 6.06. The molecule has 0 aliphatic heterocycles. The van der Waals surface area contributed by atoms with Crippen LogP contribution in [0.15, 0.2) is 24.3 Å². The van der Waals surface area contributed by atoms with Crippen molar-refractivity contribution >= 4 is 0 Å². The molecule has 0 N–H and O–H groups in total. The quantitative estimate of drug-likeness (QED) is 0.559. The molecule has 0 aromatic rings. The standard InChI is InChI=1S/C14H24/c1-4-7-12(3)11-14(8-5-2)13-9-6-10-13/h4-5,7-8,12-14H,6,9-11H2,1-3H3. The Morgan fingerprint density at radius 3 is 2.21 bits per heavy atom. The van der Waals surface area contributed by atoms with E-state index in [0.29, 0.717) is 0 Å². The van der Waals surface area contributed by atoms with E-state index in [0.717, 1.165) is 17.8 Å². The van der Waals surface area contributed by atoms with Crippen molar-refractivity contribution in [3.05, 3.63) is 24.3 Å². The molecule has 1 fully saturated rings. The number of hydrogen-bond donors (Lipinski definition) is 0. The van der Waals surface area contributed by atoms with Crippen LogP contribution in [0.25, 0.3) is 0 Å². The molecule has 1 saturated carbocycles. The fourth-order valence-corrected chi connectivity index (χ4v) is 2.38. The van der Waals surface area contributed by atoms with Gasteiger partial charge in [0.25, 0.3) is 0 Å². The Kier molecular flexibility index (Phi) is 5.00. The van der Waals surface area contributed by atoms with Crippen LogP contribution in [0.1, 0.15) is 46.5 Å². The predicted molar refractivity (Wildman–Crippen MR) is 64.2 cm³/mol. The summed E-state index contributed by atoms with van der Waals surface area (Å²) >= 11 is 0. The van der Waals surface area contributed by atoms with Gasteiger partial charge in [-0.05, 0) is 50.9 Å². The average molecular weight is 192 g/mol. The van der Waals surface area contributed by atoms with Crippen LogP contribution >= 0.6 is 0 Å². The molecular formula is C14H24. The summed E-state index contributed by atoms with van der Waals surface area (Å²) in [6.07, 6.45) is 14.9. The Hall–Kier alpha value is -0.520. The van der Waals surface area contributed by atoms with Crippen LogP contribution in [0.5, 0.6) is 0 Å². The average Bonchev–Trinajstić information content (AvgIpc) is 2.01. The molecule has 0 aromatic carbocycles. The van der Waals surface area contributed by atoms with Crippen molar-refractivity contribution in [3.8, 4) is 0 Å². The Bertz CT molecular complexity index is 196. The Morgan fingerprint density at radius 2 is 1.79 bits per heavy atom. The molecule has 0 heterocycles. The van der Waals surface area contributed by atoms with E-state index in [1.807, 2.05) is 0 Å². The van der Waals surface area contributed by atoms with Crippen molar-refractivity contribution < 1.29 is 0 Å². The van der Waals surface area contributed by atoms with E-state index in [4.69, 9.17) is 0 Å². The maximum Gasteiger partial charge on any atom is -0.0200 e. The molecule has 0 nitrogen and oxygen atoms in total. The molecule has 0 heteroatoms. The molecule has 1 aliphatic rings. The van der Waals surface area contributed by atoms with E-state index < -0.39 is 0 Å². The van der Waals surface area contributed by atoms with Gasteiger partial charge in [0, 0.05) is 0 Å². The van der Waals surface area contributed by atoms with Crippen LogP contribution in [0.3, 0.4) is 0 Å². The molecule has 80 valence electrons. The molecule has 1 rings (SSSR count). The van der Waals surface area contributed by atoms with E-state index in [-0.39, 0.29) is 0 Å². The molecule has 0 saturated heterocycles. The van der Waals surface area contributed by atoms with Gasteiger partial charge in [-0.2, -0.15) is 0 Å². The van der Waals surface area contributed by atoms with Crippen LogP contribution in [-0.4, -0.2) is 0 Å². The first-order chi connectivity index (χ1) is 6.77. The van der Waals surface area contributed by atoms with E-state index in [1.165, 1.54) is 25.7 Å². The lowest BCUT2D eigenvalue weighted by atomic mass is 9.72. The first-order valence-electron chi connectivity index (χ1n) is 6.03. The van der Waals surface area contributed by atoms with Crippen molar-refractivity contribution in [2.24, 2.45) is 17.8 Å². The molecule has 1 aliphatic carbocycles. The van der Waals surface area contributed by atoms with Gasteiger partial charge >= 0.3 is 0 Å². The van der Waals surface area contributed by atoms with E-state index in [2.05, 4.69) is 45.1 Å². The summed E-state index contributed by atoms with van der Waals surface area (Å²) < 4.78 is 0. The van der Waals surface area contributed by atoms with Crippen LogP contribution in [-0.2, 0) is 0 Å². The maximum absolute atomic E-state index is 2.42. The van der Waals surface area contributed by atoms with Gasteiger partial charge in [-0.15, -0.1) is 0 Å². The summed E-state index contributed by atoms with van der Waals surface area (Å²) in [6, 6.07) is 0. The first-order valence-corrected chi connectivity index (χ1v) is 6.03. The van der Waals surface area contributed by atoms with E-state index in [9.17, 15) is 0 Å². The lowest BCUT2D eigenvalue weighted by Gasteiger charge is -2.33. The zero-order valence-electron chi connectivity index (χ0n) is 9.87. The summed E-state index contributed by atoms with van der Waals surface area (Å²) in [6.45, 7) is 6.59. The van der Waals surface area contributed by atoms with Gasteiger partial charge in [-0.3, -0.25) is 0 Å². The second-order valence-corrected chi connectivity index (χ2v) is 4.62. The van der Waals surface area contributed by atoms with Gasteiger partial charge in [-0.25, -0.2) is 0 Å². The first kappa shape index (κ1) is 11.6. The SMILES string of the molecule is CC=CC(C)CC(C=CC)C1CCC1. The molecule has 14 heavy (non-hydrogen) atoms. The Labute approximate surface area is 89.1 Å². The van der Waals surface area contributed by atoms with Crippen molar-refractivity contribution in [2.75, 3.05) is 0 Å². The van der Waals surface area contributed by atoms with Gasteiger partial charge in [0.15, 0.2) is 0 Å². The molecule has 0 spiro atoms. The van der Waals surface area contributed by atoms with Gasteiger partial charge in [0.05, 0.1) is 0 Å². The second-order valence-electron chi connectivity index (χ2n) is 4.62. The maximum atomic E-state index is 2.42. The molecule has 2 unspecified atom stereocenters. The Morgan fingerprint density at radius 1 is 1.14 bits per heavy atom. The van der Waals surface area contributed by atoms with Gasteiger partial charge < -0.3 is 0 Å². The van der Waals surface area contributed by atoms with Gasteiger partial charge in [0.2, 0.25) is 0 Å². The van der Waals surface area contributed by atoms with Crippen LogP contribution in [0.4, 0.5) is 0 Å². The molecule has 2 atom stereocenters. The monoisotopic (exact) mass is 192 g/mol. The van der Waals surface area contributed by atoms with Crippen molar-refractivity contribution in [3.63, 3.8) is 0 Å². The van der Waals surface area contributed by atoms with Gasteiger partial charge in [-0.1, -0.05) is 37.6 Å². The van der Waals surface area contributed by atoms with Crippen LogP contribution in [0.2, 0.25) is 0 Å². The molecule has 0 aromatic heterocycles. The topological polar surface area (TPSA) is 0 Å². The fourth-order valence-electron chi connectivity index (χ4n) is 2.38. The summed E-state index contributed by atoms with van der Waals surface area (Å²) in [4.78, 5) is 0. The molecule has 0 amide bonds. The summed E-state index contributed by atoms with van der Waals surface area (Å²) in [5, 5.41) is 0. The van der Waals surface area contributed by atoms with Crippen molar-refractivity contribution in [1.82, 2.24) is 0 Å². The van der Waals surface area contributed by atoms with E-state index >= 15 is 0 Å².